The first-order valence-corrected chi connectivity index (χ1v) is 7.71. The Morgan fingerprint density at radius 1 is 1.45 bits per heavy atom. The van der Waals surface area contributed by atoms with Gasteiger partial charge in [-0.05, 0) is 54.0 Å². The van der Waals surface area contributed by atoms with Crippen molar-refractivity contribution in [3.63, 3.8) is 0 Å². The van der Waals surface area contributed by atoms with E-state index in [-0.39, 0.29) is 18.6 Å². The fourth-order valence-electron chi connectivity index (χ4n) is 1.94. The molecule has 0 fully saturated rings. The summed E-state index contributed by atoms with van der Waals surface area (Å²) in [5.41, 5.74) is 1.16. The average molecular weight is 343 g/mol. The zero-order chi connectivity index (χ0) is 15.0. The van der Waals surface area contributed by atoms with Gasteiger partial charge in [-0.1, -0.05) is 19.4 Å². The van der Waals surface area contributed by atoms with Crippen LogP contribution < -0.4 is 15.4 Å². The summed E-state index contributed by atoms with van der Waals surface area (Å²) in [5.74, 6) is 0.597. The third-order valence-electron chi connectivity index (χ3n) is 2.87. The summed E-state index contributed by atoms with van der Waals surface area (Å²) in [4.78, 5) is 11.7. The van der Waals surface area contributed by atoms with Crippen LogP contribution >= 0.6 is 15.9 Å². The van der Waals surface area contributed by atoms with Crippen molar-refractivity contribution in [2.75, 3.05) is 13.7 Å². The van der Waals surface area contributed by atoms with Crippen molar-refractivity contribution >= 4 is 21.8 Å². The van der Waals surface area contributed by atoms with Crippen LogP contribution in [0.2, 0.25) is 0 Å². The second kappa shape index (κ2) is 8.97. The van der Waals surface area contributed by atoms with E-state index in [1.807, 2.05) is 32.2 Å². The molecule has 20 heavy (non-hydrogen) atoms. The minimum Gasteiger partial charge on any atom is -0.483 e. The number of hydrogen-bond donors (Lipinski definition) is 2. The van der Waals surface area contributed by atoms with Gasteiger partial charge in [-0.25, -0.2) is 0 Å². The molecule has 1 aromatic rings. The van der Waals surface area contributed by atoms with E-state index in [4.69, 9.17) is 4.74 Å². The van der Waals surface area contributed by atoms with Gasteiger partial charge in [-0.2, -0.15) is 0 Å². The van der Waals surface area contributed by atoms with Crippen molar-refractivity contribution in [3.8, 4) is 5.75 Å². The molecule has 1 aromatic carbocycles. The smallest absolute Gasteiger partial charge is 0.258 e. The number of benzene rings is 1. The van der Waals surface area contributed by atoms with E-state index >= 15 is 0 Å². The van der Waals surface area contributed by atoms with Crippen LogP contribution in [0.5, 0.6) is 5.75 Å². The molecule has 0 aromatic heterocycles. The summed E-state index contributed by atoms with van der Waals surface area (Å²) in [6, 6.07) is 6.04. The first-order chi connectivity index (χ1) is 9.56. The van der Waals surface area contributed by atoms with E-state index in [1.165, 1.54) is 0 Å². The quantitative estimate of drug-likeness (QED) is 0.763. The lowest BCUT2D eigenvalue weighted by Crippen LogP contribution is -2.35. The third kappa shape index (κ3) is 5.92. The highest BCUT2D eigenvalue weighted by Gasteiger charge is 2.09. The summed E-state index contributed by atoms with van der Waals surface area (Å²) >= 11 is 3.46. The predicted octanol–water partition coefficient (Wildman–Crippen LogP) is 2.85. The second-order valence-electron chi connectivity index (χ2n) is 4.84. The van der Waals surface area contributed by atoms with Crippen molar-refractivity contribution in [3.05, 3.63) is 28.2 Å². The fourth-order valence-corrected chi connectivity index (χ4v) is 2.48. The normalized spacial score (nSPS) is 12.0. The Labute approximate surface area is 129 Å². The van der Waals surface area contributed by atoms with Crippen LogP contribution in [0.4, 0.5) is 0 Å². The molecule has 2 N–H and O–H groups in total. The molecule has 0 aliphatic rings. The maximum absolute atomic E-state index is 11.7. The van der Waals surface area contributed by atoms with E-state index < -0.39 is 0 Å². The van der Waals surface area contributed by atoms with Crippen molar-refractivity contribution in [2.45, 2.75) is 39.3 Å². The first-order valence-electron chi connectivity index (χ1n) is 6.92. The molecular formula is C15H23BrN2O2. The minimum atomic E-state index is -0.0860. The maximum atomic E-state index is 11.7. The van der Waals surface area contributed by atoms with Crippen molar-refractivity contribution < 1.29 is 9.53 Å². The number of carbonyl (C=O) groups is 1. The van der Waals surface area contributed by atoms with Crippen molar-refractivity contribution in [2.24, 2.45) is 0 Å². The van der Waals surface area contributed by atoms with Gasteiger partial charge in [0, 0.05) is 12.6 Å². The van der Waals surface area contributed by atoms with E-state index in [0.717, 1.165) is 29.4 Å². The highest BCUT2D eigenvalue weighted by Crippen LogP contribution is 2.25. The lowest BCUT2D eigenvalue weighted by molar-refractivity contribution is -0.123. The molecule has 0 aliphatic heterocycles. The Morgan fingerprint density at radius 2 is 2.20 bits per heavy atom. The topological polar surface area (TPSA) is 50.4 Å². The number of hydrogen-bond acceptors (Lipinski definition) is 3. The third-order valence-corrected chi connectivity index (χ3v) is 3.48. The molecule has 1 unspecified atom stereocenters. The number of amides is 1. The minimum absolute atomic E-state index is 0.0397. The fraction of sp³-hybridized carbons (Fsp3) is 0.533. The van der Waals surface area contributed by atoms with E-state index in [1.54, 1.807) is 0 Å². The number of ether oxygens (including phenoxy) is 1. The van der Waals surface area contributed by atoms with Gasteiger partial charge in [0.05, 0.1) is 4.47 Å². The molecule has 1 amide bonds. The zero-order valence-electron chi connectivity index (χ0n) is 12.3. The van der Waals surface area contributed by atoms with Crippen LogP contribution in [0, 0.1) is 0 Å². The Balaban J connectivity index is 2.47. The standard InChI is InChI=1S/C15H23BrN2O2/c1-4-5-11(2)18-15(19)10-20-14-7-6-12(9-17-3)8-13(14)16/h6-8,11,17H,4-5,9-10H2,1-3H3,(H,18,19). The molecule has 0 aliphatic carbocycles. The molecule has 5 heteroatoms. The van der Waals surface area contributed by atoms with Crippen LogP contribution in [-0.2, 0) is 11.3 Å². The van der Waals surface area contributed by atoms with Crippen LogP contribution in [0.3, 0.4) is 0 Å². The monoisotopic (exact) mass is 342 g/mol. The summed E-state index contributed by atoms with van der Waals surface area (Å²) < 4.78 is 6.39. The van der Waals surface area contributed by atoms with Crippen molar-refractivity contribution in [1.29, 1.82) is 0 Å². The molecule has 112 valence electrons. The molecule has 0 saturated heterocycles. The maximum Gasteiger partial charge on any atom is 0.258 e. The summed E-state index contributed by atoms with van der Waals surface area (Å²) in [6.07, 6.45) is 2.04. The Bertz CT molecular complexity index is 438. The molecular weight excluding hydrogens is 320 g/mol. The Hall–Kier alpha value is -1.07. The van der Waals surface area contributed by atoms with Gasteiger partial charge in [0.15, 0.2) is 6.61 Å². The number of rotatable bonds is 8. The number of carbonyl (C=O) groups excluding carboxylic acids is 1. The van der Waals surface area contributed by atoms with Gasteiger partial charge in [0.2, 0.25) is 0 Å². The lowest BCUT2D eigenvalue weighted by atomic mass is 10.2. The molecule has 0 radical (unpaired) electrons. The van der Waals surface area contributed by atoms with Gasteiger partial charge in [-0.3, -0.25) is 4.79 Å². The Kier molecular flexibility index (Phi) is 7.62. The highest BCUT2D eigenvalue weighted by atomic mass is 79.9. The molecule has 0 bridgehead atoms. The molecule has 1 rings (SSSR count). The summed E-state index contributed by atoms with van der Waals surface area (Å²) in [7, 11) is 1.90. The number of halogens is 1. The van der Waals surface area contributed by atoms with E-state index in [0.29, 0.717) is 5.75 Å². The van der Waals surface area contributed by atoms with E-state index in [2.05, 4.69) is 33.5 Å². The molecule has 0 heterocycles. The molecule has 0 saturated carbocycles. The lowest BCUT2D eigenvalue weighted by Gasteiger charge is -2.14. The molecule has 0 spiro atoms. The van der Waals surface area contributed by atoms with Crippen LogP contribution in [0.25, 0.3) is 0 Å². The predicted molar refractivity (Wildman–Crippen MR) is 84.9 cm³/mol. The second-order valence-corrected chi connectivity index (χ2v) is 5.70. The zero-order valence-corrected chi connectivity index (χ0v) is 13.9. The first kappa shape index (κ1) is 17.0. The molecule has 1 atom stereocenters. The average Bonchev–Trinajstić information content (AvgIpc) is 2.38. The van der Waals surface area contributed by atoms with Crippen LogP contribution in [-0.4, -0.2) is 25.6 Å². The highest BCUT2D eigenvalue weighted by molar-refractivity contribution is 9.10. The summed E-state index contributed by atoms with van der Waals surface area (Å²) in [6.45, 7) is 4.94. The van der Waals surface area contributed by atoms with Crippen molar-refractivity contribution in [1.82, 2.24) is 10.6 Å². The Morgan fingerprint density at radius 3 is 2.80 bits per heavy atom. The SMILES string of the molecule is CCCC(C)NC(=O)COc1ccc(CNC)cc1Br. The van der Waals surface area contributed by atoms with E-state index in [9.17, 15) is 4.79 Å². The van der Waals surface area contributed by atoms with Gasteiger partial charge in [0.1, 0.15) is 5.75 Å². The number of nitrogens with one attached hydrogen (secondary N) is 2. The van der Waals surface area contributed by atoms with Crippen LogP contribution in [0.15, 0.2) is 22.7 Å². The van der Waals surface area contributed by atoms with Crippen LogP contribution in [0.1, 0.15) is 32.3 Å². The van der Waals surface area contributed by atoms with Gasteiger partial charge < -0.3 is 15.4 Å². The van der Waals surface area contributed by atoms with Gasteiger partial charge in [0.25, 0.3) is 5.91 Å². The summed E-state index contributed by atoms with van der Waals surface area (Å²) in [5, 5.41) is 6.00. The largest absolute Gasteiger partial charge is 0.483 e. The van der Waals surface area contributed by atoms with Gasteiger partial charge >= 0.3 is 0 Å². The molecule has 4 nitrogen and oxygen atoms in total. The van der Waals surface area contributed by atoms with Gasteiger partial charge in [-0.15, -0.1) is 0 Å².